The molecule has 1 aromatic carbocycles. The quantitative estimate of drug-likeness (QED) is 0.877. The lowest BCUT2D eigenvalue weighted by atomic mass is 10.2. The third-order valence-corrected chi connectivity index (χ3v) is 3.24. The van der Waals surface area contributed by atoms with Crippen LogP contribution in [0.4, 0.5) is 0 Å². The number of imidazole rings is 1. The summed E-state index contributed by atoms with van der Waals surface area (Å²) in [5.41, 5.74) is 2.96. The number of hydrogen-bond acceptors (Lipinski definition) is 2. The molecule has 2 rings (SSSR count). The largest absolute Gasteiger partial charge is 0.390 e. The van der Waals surface area contributed by atoms with E-state index in [1.165, 1.54) is 0 Å². The average Bonchev–Trinajstić information content (AvgIpc) is 2.74. The summed E-state index contributed by atoms with van der Waals surface area (Å²) in [6.45, 7) is 5.17. The molecule has 2 aromatic rings. The standard InChI is InChI=1S/C15H20N2O/c1-3-4-10-17-12(2)14(11-18)16-15(17)13-8-6-5-7-9-13/h5-9,18H,3-4,10-11H2,1-2H3. The number of nitrogens with zero attached hydrogens (tertiary/aromatic N) is 2. The van der Waals surface area contributed by atoms with Gasteiger partial charge in [-0.05, 0) is 13.3 Å². The molecule has 0 aliphatic rings. The van der Waals surface area contributed by atoms with Gasteiger partial charge in [-0.3, -0.25) is 0 Å². The van der Waals surface area contributed by atoms with E-state index in [4.69, 9.17) is 0 Å². The first-order valence-electron chi connectivity index (χ1n) is 6.50. The SMILES string of the molecule is CCCCn1c(-c2ccccc2)nc(CO)c1C. The predicted octanol–water partition coefficient (Wildman–Crippen LogP) is 3.15. The molecular formula is C15H20N2O. The summed E-state index contributed by atoms with van der Waals surface area (Å²) in [4.78, 5) is 4.56. The van der Waals surface area contributed by atoms with Crippen LogP contribution in [-0.2, 0) is 13.2 Å². The summed E-state index contributed by atoms with van der Waals surface area (Å²) in [5.74, 6) is 0.964. The minimum Gasteiger partial charge on any atom is -0.390 e. The molecule has 3 heteroatoms. The number of benzene rings is 1. The minimum atomic E-state index is 0.00475. The van der Waals surface area contributed by atoms with Gasteiger partial charge in [-0.1, -0.05) is 43.7 Å². The molecule has 0 radical (unpaired) electrons. The highest BCUT2D eigenvalue weighted by Gasteiger charge is 2.13. The lowest BCUT2D eigenvalue weighted by molar-refractivity contribution is 0.276. The van der Waals surface area contributed by atoms with Crippen LogP contribution in [0.25, 0.3) is 11.4 Å². The summed E-state index contributed by atoms with van der Waals surface area (Å²) in [7, 11) is 0. The zero-order valence-corrected chi connectivity index (χ0v) is 11.1. The van der Waals surface area contributed by atoms with Crippen LogP contribution in [0.1, 0.15) is 31.2 Å². The van der Waals surface area contributed by atoms with Gasteiger partial charge in [0.25, 0.3) is 0 Å². The lowest BCUT2D eigenvalue weighted by Crippen LogP contribution is -2.03. The first-order chi connectivity index (χ1) is 8.77. The highest BCUT2D eigenvalue weighted by atomic mass is 16.3. The molecule has 0 fully saturated rings. The van der Waals surface area contributed by atoms with Gasteiger partial charge in [0.2, 0.25) is 0 Å². The summed E-state index contributed by atoms with van der Waals surface area (Å²) in [6, 6.07) is 10.2. The molecule has 3 nitrogen and oxygen atoms in total. The van der Waals surface area contributed by atoms with Crippen molar-refractivity contribution in [1.29, 1.82) is 0 Å². The number of aliphatic hydroxyl groups is 1. The van der Waals surface area contributed by atoms with Gasteiger partial charge < -0.3 is 9.67 Å². The van der Waals surface area contributed by atoms with Crippen LogP contribution in [0.3, 0.4) is 0 Å². The fourth-order valence-electron chi connectivity index (χ4n) is 2.13. The normalized spacial score (nSPS) is 10.8. The van der Waals surface area contributed by atoms with Gasteiger partial charge in [0.15, 0.2) is 0 Å². The van der Waals surface area contributed by atoms with Crippen molar-refractivity contribution < 1.29 is 5.11 Å². The second-order valence-electron chi connectivity index (χ2n) is 4.50. The highest BCUT2D eigenvalue weighted by Crippen LogP contribution is 2.22. The van der Waals surface area contributed by atoms with Crippen molar-refractivity contribution in [3.8, 4) is 11.4 Å². The molecule has 96 valence electrons. The van der Waals surface area contributed by atoms with Gasteiger partial charge in [-0.25, -0.2) is 4.98 Å². The maximum absolute atomic E-state index is 9.35. The van der Waals surface area contributed by atoms with E-state index in [1.807, 2.05) is 25.1 Å². The van der Waals surface area contributed by atoms with E-state index in [0.29, 0.717) is 0 Å². The van der Waals surface area contributed by atoms with Gasteiger partial charge in [-0.15, -0.1) is 0 Å². The minimum absolute atomic E-state index is 0.00475. The third-order valence-electron chi connectivity index (χ3n) is 3.24. The molecule has 1 heterocycles. The molecule has 0 saturated heterocycles. The fourth-order valence-corrected chi connectivity index (χ4v) is 2.13. The van der Waals surface area contributed by atoms with Crippen molar-refractivity contribution in [1.82, 2.24) is 9.55 Å². The molecule has 18 heavy (non-hydrogen) atoms. The van der Waals surface area contributed by atoms with Gasteiger partial charge in [0, 0.05) is 17.8 Å². The van der Waals surface area contributed by atoms with Crippen LogP contribution in [0.15, 0.2) is 30.3 Å². The molecule has 0 unspecified atom stereocenters. The first-order valence-corrected chi connectivity index (χ1v) is 6.50. The van der Waals surface area contributed by atoms with Crippen LogP contribution in [0.5, 0.6) is 0 Å². The zero-order valence-electron chi connectivity index (χ0n) is 11.1. The Kier molecular flexibility index (Phi) is 4.15. The zero-order chi connectivity index (χ0) is 13.0. The van der Waals surface area contributed by atoms with Crippen LogP contribution < -0.4 is 0 Å². The topological polar surface area (TPSA) is 38.0 Å². The molecular weight excluding hydrogens is 224 g/mol. The highest BCUT2D eigenvalue weighted by molar-refractivity contribution is 5.56. The third kappa shape index (κ3) is 2.46. The Labute approximate surface area is 108 Å². The predicted molar refractivity (Wildman–Crippen MR) is 73.2 cm³/mol. The van der Waals surface area contributed by atoms with Crippen molar-refractivity contribution in [2.45, 2.75) is 39.8 Å². The van der Waals surface area contributed by atoms with Crippen LogP contribution in [0, 0.1) is 6.92 Å². The van der Waals surface area contributed by atoms with E-state index in [-0.39, 0.29) is 6.61 Å². The van der Waals surface area contributed by atoms with E-state index in [2.05, 4.69) is 28.6 Å². The van der Waals surface area contributed by atoms with Gasteiger partial charge in [-0.2, -0.15) is 0 Å². The number of aliphatic hydroxyl groups excluding tert-OH is 1. The maximum atomic E-state index is 9.35. The number of aromatic nitrogens is 2. The van der Waals surface area contributed by atoms with Crippen LogP contribution in [-0.4, -0.2) is 14.7 Å². The van der Waals surface area contributed by atoms with E-state index in [1.54, 1.807) is 0 Å². The molecule has 0 aliphatic carbocycles. The molecule has 1 aromatic heterocycles. The Morgan fingerprint density at radius 2 is 1.94 bits per heavy atom. The van der Waals surface area contributed by atoms with Crippen molar-refractivity contribution in [2.75, 3.05) is 0 Å². The van der Waals surface area contributed by atoms with Crippen molar-refractivity contribution >= 4 is 0 Å². The summed E-state index contributed by atoms with van der Waals surface area (Å²) in [5, 5.41) is 9.35. The van der Waals surface area contributed by atoms with Gasteiger partial charge in [0.1, 0.15) is 5.82 Å². The van der Waals surface area contributed by atoms with E-state index in [9.17, 15) is 5.11 Å². The Morgan fingerprint density at radius 3 is 2.56 bits per heavy atom. The second-order valence-corrected chi connectivity index (χ2v) is 4.50. The van der Waals surface area contributed by atoms with E-state index < -0.39 is 0 Å². The smallest absolute Gasteiger partial charge is 0.140 e. The van der Waals surface area contributed by atoms with E-state index >= 15 is 0 Å². The van der Waals surface area contributed by atoms with Crippen LogP contribution in [0.2, 0.25) is 0 Å². The molecule has 0 spiro atoms. The van der Waals surface area contributed by atoms with Crippen molar-refractivity contribution in [2.24, 2.45) is 0 Å². The van der Waals surface area contributed by atoms with Crippen molar-refractivity contribution in [3.63, 3.8) is 0 Å². The molecule has 1 N–H and O–H groups in total. The first kappa shape index (κ1) is 12.8. The molecule has 0 aliphatic heterocycles. The number of rotatable bonds is 5. The lowest BCUT2D eigenvalue weighted by Gasteiger charge is -2.09. The average molecular weight is 244 g/mol. The summed E-state index contributed by atoms with van der Waals surface area (Å²) in [6.07, 6.45) is 2.28. The number of unbranched alkanes of at least 4 members (excludes halogenated alkanes) is 1. The number of hydrogen-bond donors (Lipinski definition) is 1. The maximum Gasteiger partial charge on any atom is 0.140 e. The van der Waals surface area contributed by atoms with Gasteiger partial charge >= 0.3 is 0 Å². The molecule has 0 amide bonds. The molecule has 0 atom stereocenters. The summed E-state index contributed by atoms with van der Waals surface area (Å²) < 4.78 is 2.21. The Hall–Kier alpha value is -1.61. The Morgan fingerprint density at radius 1 is 1.22 bits per heavy atom. The Balaban J connectivity index is 2.45. The van der Waals surface area contributed by atoms with Crippen molar-refractivity contribution in [3.05, 3.63) is 41.7 Å². The van der Waals surface area contributed by atoms with E-state index in [0.717, 1.165) is 42.2 Å². The summed E-state index contributed by atoms with van der Waals surface area (Å²) >= 11 is 0. The fraction of sp³-hybridized carbons (Fsp3) is 0.400. The Bertz CT molecular complexity index is 503. The second kappa shape index (κ2) is 5.83. The molecule has 0 saturated carbocycles. The van der Waals surface area contributed by atoms with Crippen LogP contribution >= 0.6 is 0 Å². The molecule has 0 bridgehead atoms. The van der Waals surface area contributed by atoms with Gasteiger partial charge in [0.05, 0.1) is 12.3 Å². The monoisotopic (exact) mass is 244 g/mol.